The normalized spacial score (nSPS) is 21.2. The van der Waals surface area contributed by atoms with Crippen molar-refractivity contribution in [2.45, 2.75) is 31.7 Å². The van der Waals surface area contributed by atoms with E-state index in [0.717, 1.165) is 44.1 Å². The van der Waals surface area contributed by atoms with Crippen LogP contribution in [0.2, 0.25) is 0 Å². The number of hydrogen-bond acceptors (Lipinski definition) is 2. The summed E-state index contributed by atoms with van der Waals surface area (Å²) in [7, 11) is 1.75. The average Bonchev–Trinajstić information content (AvgIpc) is 3.25. The van der Waals surface area contributed by atoms with Gasteiger partial charge in [0.1, 0.15) is 5.82 Å². The van der Waals surface area contributed by atoms with E-state index < -0.39 is 0 Å². The third-order valence-corrected chi connectivity index (χ3v) is 3.60. The molecule has 21 heavy (non-hydrogen) atoms. The quantitative estimate of drug-likeness (QED) is 0.460. The highest BCUT2D eigenvalue weighted by molar-refractivity contribution is 5.80. The zero-order chi connectivity index (χ0) is 15.1. The highest BCUT2D eigenvalue weighted by Crippen LogP contribution is 2.41. The molecule has 1 saturated carbocycles. The van der Waals surface area contributed by atoms with E-state index in [1.165, 1.54) is 6.07 Å². The van der Waals surface area contributed by atoms with Crippen LogP contribution in [0.25, 0.3) is 0 Å². The fourth-order valence-electron chi connectivity index (χ4n) is 2.37. The molecule has 0 bridgehead atoms. The molecule has 2 N–H and O–H groups in total. The largest absolute Gasteiger partial charge is 0.382 e. The molecule has 2 atom stereocenters. The topological polar surface area (TPSA) is 45.6 Å². The third-order valence-electron chi connectivity index (χ3n) is 3.60. The molecule has 1 aliphatic rings. The Labute approximate surface area is 125 Å². The number of halogens is 1. The number of benzene rings is 1. The Bertz CT molecular complexity index is 478. The first-order chi connectivity index (χ1) is 10.3. The summed E-state index contributed by atoms with van der Waals surface area (Å²) >= 11 is 0. The maximum absolute atomic E-state index is 13.7. The van der Waals surface area contributed by atoms with Crippen LogP contribution in [-0.2, 0) is 4.74 Å². The number of ether oxygens (including phenoxy) is 1. The summed E-state index contributed by atoms with van der Waals surface area (Å²) in [5.74, 6) is 0.898. The van der Waals surface area contributed by atoms with Gasteiger partial charge in [-0.05, 0) is 31.4 Å². The van der Waals surface area contributed by atoms with Crippen LogP contribution in [-0.4, -0.2) is 38.8 Å². The maximum atomic E-state index is 13.7. The zero-order valence-corrected chi connectivity index (χ0v) is 12.7. The van der Waals surface area contributed by atoms with Gasteiger partial charge in [-0.1, -0.05) is 18.2 Å². The molecule has 0 heterocycles. The summed E-state index contributed by atoms with van der Waals surface area (Å²) in [5.41, 5.74) is 0.793. The molecular weight excluding hydrogens is 269 g/mol. The molecule has 1 fully saturated rings. The molecule has 2 unspecified atom stereocenters. The van der Waals surface area contributed by atoms with E-state index in [-0.39, 0.29) is 17.8 Å². The smallest absolute Gasteiger partial charge is 0.191 e. The van der Waals surface area contributed by atoms with Crippen LogP contribution in [0.15, 0.2) is 29.3 Å². The molecule has 0 amide bonds. The lowest BCUT2D eigenvalue weighted by molar-refractivity contribution is 0.145. The Balaban J connectivity index is 1.73. The van der Waals surface area contributed by atoms with Crippen molar-refractivity contribution in [2.75, 3.05) is 26.8 Å². The summed E-state index contributed by atoms with van der Waals surface area (Å²) in [5, 5.41) is 6.59. The number of aliphatic imine (C=N–C) groups is 1. The lowest BCUT2D eigenvalue weighted by Gasteiger charge is -2.12. The number of nitrogens with one attached hydrogen (secondary N) is 2. The summed E-state index contributed by atoms with van der Waals surface area (Å²) in [6, 6.07) is 7.25. The van der Waals surface area contributed by atoms with Crippen LogP contribution in [0.4, 0.5) is 4.39 Å². The first-order valence-electron chi connectivity index (χ1n) is 7.55. The van der Waals surface area contributed by atoms with Gasteiger partial charge in [-0.3, -0.25) is 4.99 Å². The van der Waals surface area contributed by atoms with Crippen molar-refractivity contribution in [3.63, 3.8) is 0 Å². The van der Waals surface area contributed by atoms with E-state index in [1.54, 1.807) is 13.1 Å². The van der Waals surface area contributed by atoms with Crippen LogP contribution in [0.3, 0.4) is 0 Å². The van der Waals surface area contributed by atoms with E-state index in [9.17, 15) is 4.39 Å². The van der Waals surface area contributed by atoms with E-state index >= 15 is 0 Å². The van der Waals surface area contributed by atoms with Crippen molar-refractivity contribution in [1.29, 1.82) is 0 Å². The predicted molar refractivity (Wildman–Crippen MR) is 83.2 cm³/mol. The van der Waals surface area contributed by atoms with Crippen molar-refractivity contribution >= 4 is 5.96 Å². The minimum absolute atomic E-state index is 0.119. The van der Waals surface area contributed by atoms with Crippen LogP contribution in [0.5, 0.6) is 0 Å². The molecule has 0 aliphatic heterocycles. The zero-order valence-electron chi connectivity index (χ0n) is 12.7. The van der Waals surface area contributed by atoms with Gasteiger partial charge in [0, 0.05) is 38.8 Å². The Morgan fingerprint density at radius 2 is 2.24 bits per heavy atom. The minimum atomic E-state index is -0.119. The van der Waals surface area contributed by atoms with E-state index in [0.29, 0.717) is 0 Å². The van der Waals surface area contributed by atoms with Gasteiger partial charge in [0.2, 0.25) is 0 Å². The Hall–Kier alpha value is -1.62. The highest BCUT2D eigenvalue weighted by Gasteiger charge is 2.40. The molecular formula is C16H24FN3O. The van der Waals surface area contributed by atoms with Gasteiger partial charge in [-0.2, -0.15) is 0 Å². The summed E-state index contributed by atoms with van der Waals surface area (Å²) in [6.45, 7) is 4.31. The van der Waals surface area contributed by atoms with Gasteiger partial charge in [-0.15, -0.1) is 0 Å². The van der Waals surface area contributed by atoms with Crippen molar-refractivity contribution in [3.05, 3.63) is 35.6 Å². The van der Waals surface area contributed by atoms with Crippen molar-refractivity contribution < 1.29 is 9.13 Å². The second-order valence-electron chi connectivity index (χ2n) is 5.16. The van der Waals surface area contributed by atoms with Crippen molar-refractivity contribution in [2.24, 2.45) is 4.99 Å². The van der Waals surface area contributed by atoms with E-state index in [2.05, 4.69) is 15.6 Å². The molecule has 4 nitrogen and oxygen atoms in total. The molecule has 0 saturated heterocycles. The van der Waals surface area contributed by atoms with E-state index in [1.807, 2.05) is 19.1 Å². The average molecular weight is 293 g/mol. The van der Waals surface area contributed by atoms with Crippen LogP contribution < -0.4 is 10.6 Å². The SMILES string of the molecule is CCOCCCNC(=NC)NC1CC1c1ccccc1F. The summed E-state index contributed by atoms with van der Waals surface area (Å²) in [6.07, 6.45) is 1.89. The third kappa shape index (κ3) is 4.70. The number of rotatable bonds is 7. The Morgan fingerprint density at radius 1 is 1.43 bits per heavy atom. The van der Waals surface area contributed by atoms with Gasteiger partial charge in [0.15, 0.2) is 5.96 Å². The fourth-order valence-corrected chi connectivity index (χ4v) is 2.37. The molecule has 2 rings (SSSR count). The second-order valence-corrected chi connectivity index (χ2v) is 5.16. The molecule has 0 radical (unpaired) electrons. The minimum Gasteiger partial charge on any atom is -0.382 e. The standard InChI is InChI=1S/C16H24FN3O/c1-3-21-10-6-9-19-16(18-2)20-15-11-13(15)12-7-4-5-8-14(12)17/h4-5,7-8,13,15H,3,6,9-11H2,1-2H3,(H2,18,19,20). The number of guanidine groups is 1. The lowest BCUT2D eigenvalue weighted by Crippen LogP contribution is -2.39. The van der Waals surface area contributed by atoms with Gasteiger partial charge in [0.25, 0.3) is 0 Å². The monoisotopic (exact) mass is 293 g/mol. The summed E-state index contributed by atoms with van der Waals surface area (Å²) in [4.78, 5) is 4.20. The lowest BCUT2D eigenvalue weighted by atomic mass is 10.1. The first-order valence-corrected chi connectivity index (χ1v) is 7.55. The van der Waals surface area contributed by atoms with Crippen LogP contribution in [0.1, 0.15) is 31.2 Å². The van der Waals surface area contributed by atoms with Crippen LogP contribution in [0, 0.1) is 5.82 Å². The molecule has 1 aliphatic carbocycles. The van der Waals surface area contributed by atoms with Gasteiger partial charge < -0.3 is 15.4 Å². The van der Waals surface area contributed by atoms with Gasteiger partial charge in [0.05, 0.1) is 0 Å². The van der Waals surface area contributed by atoms with Crippen molar-refractivity contribution in [3.8, 4) is 0 Å². The molecule has 1 aromatic rings. The fraction of sp³-hybridized carbons (Fsp3) is 0.562. The number of hydrogen-bond donors (Lipinski definition) is 2. The first kappa shape index (κ1) is 15.8. The number of nitrogens with zero attached hydrogens (tertiary/aromatic N) is 1. The maximum Gasteiger partial charge on any atom is 0.191 e. The Morgan fingerprint density at radius 3 is 2.95 bits per heavy atom. The second kappa shape index (κ2) is 7.98. The van der Waals surface area contributed by atoms with Crippen molar-refractivity contribution in [1.82, 2.24) is 10.6 Å². The molecule has 0 spiro atoms. The summed E-state index contributed by atoms with van der Waals surface area (Å²) < 4.78 is 19.0. The molecule has 0 aromatic heterocycles. The molecule has 116 valence electrons. The van der Waals surface area contributed by atoms with E-state index in [4.69, 9.17) is 4.74 Å². The Kier molecular flexibility index (Phi) is 5.99. The van der Waals surface area contributed by atoms with Crippen LogP contribution >= 0.6 is 0 Å². The van der Waals surface area contributed by atoms with Gasteiger partial charge >= 0.3 is 0 Å². The highest BCUT2D eigenvalue weighted by atomic mass is 19.1. The molecule has 1 aromatic carbocycles. The van der Waals surface area contributed by atoms with Gasteiger partial charge in [-0.25, -0.2) is 4.39 Å². The predicted octanol–water partition coefficient (Wildman–Crippen LogP) is 2.27. The molecule has 5 heteroatoms.